The van der Waals surface area contributed by atoms with E-state index >= 15 is 0 Å². The van der Waals surface area contributed by atoms with Gasteiger partial charge in [0.25, 0.3) is 0 Å². The molecule has 4 N–H and O–H groups in total. The van der Waals surface area contributed by atoms with Gasteiger partial charge in [-0.1, -0.05) is 30.3 Å². The van der Waals surface area contributed by atoms with Crippen LogP contribution in [0.5, 0.6) is 0 Å². The number of benzene rings is 1. The summed E-state index contributed by atoms with van der Waals surface area (Å²) in [5.74, 6) is 0. The van der Waals surface area contributed by atoms with E-state index in [0.717, 1.165) is 5.56 Å². The molecule has 1 rings (SSSR count). The highest BCUT2D eigenvalue weighted by molar-refractivity contribution is 7.80. The number of nitrogens with one attached hydrogen (secondary N) is 1. The third-order valence-corrected chi connectivity index (χ3v) is 1.83. The summed E-state index contributed by atoms with van der Waals surface area (Å²) in [6.07, 6.45) is 3.30. The monoisotopic (exact) mass is 235 g/mol. The van der Waals surface area contributed by atoms with Gasteiger partial charge in [0.15, 0.2) is 5.11 Å². The van der Waals surface area contributed by atoms with Gasteiger partial charge < -0.3 is 10.8 Å². The minimum atomic E-state index is -0.0998. The van der Waals surface area contributed by atoms with Crippen molar-refractivity contribution >= 4 is 29.6 Å². The first-order chi connectivity index (χ1) is 7.72. The van der Waals surface area contributed by atoms with Crippen LogP contribution in [0, 0.1) is 0 Å². The van der Waals surface area contributed by atoms with Crippen molar-refractivity contribution in [1.29, 1.82) is 0 Å². The molecular weight excluding hydrogens is 222 g/mol. The molecule has 0 radical (unpaired) electrons. The predicted molar refractivity (Wildman–Crippen MR) is 69.9 cm³/mol. The normalized spacial score (nSPS) is 11.7. The highest BCUT2D eigenvalue weighted by Crippen LogP contribution is 2.04. The molecule has 5 heteroatoms. The summed E-state index contributed by atoms with van der Waals surface area (Å²) in [5, 5.41) is 13.0. The second kappa shape index (κ2) is 6.71. The fourth-order valence-corrected chi connectivity index (χ4v) is 1.12. The van der Waals surface area contributed by atoms with E-state index < -0.39 is 0 Å². The van der Waals surface area contributed by atoms with Crippen molar-refractivity contribution in [2.75, 3.05) is 6.61 Å². The van der Waals surface area contributed by atoms with Gasteiger partial charge in [-0.25, -0.2) is 0 Å². The molecule has 0 fully saturated rings. The zero-order valence-electron chi connectivity index (χ0n) is 8.63. The van der Waals surface area contributed by atoms with Crippen molar-refractivity contribution in [2.45, 2.75) is 0 Å². The van der Waals surface area contributed by atoms with Crippen molar-refractivity contribution < 1.29 is 5.11 Å². The topological polar surface area (TPSA) is 70.6 Å². The van der Waals surface area contributed by atoms with Gasteiger partial charge in [-0.05, 0) is 29.4 Å². The summed E-state index contributed by atoms with van der Waals surface area (Å²) >= 11 is 4.58. The summed E-state index contributed by atoms with van der Waals surface area (Å²) < 4.78 is 0. The Kier molecular flexibility index (Phi) is 5.18. The molecule has 16 heavy (non-hydrogen) atoms. The molecular formula is C11H13N3OS. The lowest BCUT2D eigenvalue weighted by atomic mass is 10.1. The Bertz CT molecular complexity index is 401. The molecule has 0 aliphatic rings. The van der Waals surface area contributed by atoms with Crippen molar-refractivity contribution in [3.8, 4) is 0 Å². The Morgan fingerprint density at radius 1 is 1.44 bits per heavy atom. The summed E-state index contributed by atoms with van der Waals surface area (Å²) in [6.45, 7) is -0.0998. The number of aliphatic hydroxyl groups is 1. The number of hydrazone groups is 1. The van der Waals surface area contributed by atoms with Gasteiger partial charge in [0.05, 0.1) is 12.8 Å². The smallest absolute Gasteiger partial charge is 0.184 e. The molecule has 0 bridgehead atoms. The van der Waals surface area contributed by atoms with Crippen LogP contribution in [0.2, 0.25) is 0 Å². The average molecular weight is 235 g/mol. The number of hydrogen-bond acceptors (Lipinski definition) is 3. The van der Waals surface area contributed by atoms with E-state index in [9.17, 15) is 0 Å². The van der Waals surface area contributed by atoms with E-state index in [1.54, 1.807) is 0 Å². The summed E-state index contributed by atoms with van der Waals surface area (Å²) in [4.78, 5) is 0. The summed E-state index contributed by atoms with van der Waals surface area (Å²) in [6, 6.07) is 9.64. The van der Waals surface area contributed by atoms with Gasteiger partial charge >= 0.3 is 0 Å². The van der Waals surface area contributed by atoms with E-state index in [2.05, 4.69) is 22.7 Å². The first kappa shape index (κ1) is 12.4. The molecule has 0 saturated carbocycles. The van der Waals surface area contributed by atoms with Crippen LogP contribution in [0.3, 0.4) is 0 Å². The zero-order valence-corrected chi connectivity index (χ0v) is 9.45. The number of thiocarbonyl (C=S) groups is 1. The molecule has 0 atom stereocenters. The zero-order chi connectivity index (χ0) is 11.8. The highest BCUT2D eigenvalue weighted by Gasteiger charge is 1.92. The van der Waals surface area contributed by atoms with Crippen LogP contribution in [-0.2, 0) is 0 Å². The minimum Gasteiger partial charge on any atom is -0.392 e. The van der Waals surface area contributed by atoms with Crippen LogP contribution >= 0.6 is 12.2 Å². The van der Waals surface area contributed by atoms with Crippen LogP contribution in [0.4, 0.5) is 0 Å². The fourth-order valence-electron chi connectivity index (χ4n) is 1.07. The maximum Gasteiger partial charge on any atom is 0.184 e. The third kappa shape index (κ3) is 4.68. The maximum absolute atomic E-state index is 9.10. The summed E-state index contributed by atoms with van der Waals surface area (Å²) in [5.41, 5.74) is 9.28. The van der Waals surface area contributed by atoms with Crippen molar-refractivity contribution in [2.24, 2.45) is 10.8 Å². The van der Waals surface area contributed by atoms with Crippen molar-refractivity contribution in [3.05, 3.63) is 41.5 Å². The second-order valence-corrected chi connectivity index (χ2v) is 3.46. The number of nitrogens with two attached hydrogens (primary N) is 1. The number of nitrogens with zero attached hydrogens (tertiary/aromatic N) is 1. The van der Waals surface area contributed by atoms with Gasteiger partial charge in [0.2, 0.25) is 0 Å². The highest BCUT2D eigenvalue weighted by atomic mass is 32.1. The van der Waals surface area contributed by atoms with Crippen LogP contribution in [0.15, 0.2) is 41.0 Å². The SMILES string of the molecule is NC(=S)NN=CC(=Cc1ccccc1)CO. The molecule has 0 spiro atoms. The van der Waals surface area contributed by atoms with Crippen LogP contribution in [-0.4, -0.2) is 23.0 Å². The maximum atomic E-state index is 9.10. The quantitative estimate of drug-likeness (QED) is 0.411. The Hall–Kier alpha value is -1.72. The standard InChI is InChI=1S/C11H13N3OS/c12-11(16)14-13-7-10(8-15)6-9-4-2-1-3-5-9/h1-7,15H,8H2,(H3,12,14,16). The molecule has 0 aromatic heterocycles. The molecule has 0 unspecified atom stereocenters. The Morgan fingerprint density at radius 2 is 2.12 bits per heavy atom. The Morgan fingerprint density at radius 3 is 2.69 bits per heavy atom. The molecule has 0 aliphatic carbocycles. The third-order valence-electron chi connectivity index (χ3n) is 1.74. The molecule has 0 heterocycles. The first-order valence-corrected chi connectivity index (χ1v) is 5.08. The van der Waals surface area contributed by atoms with Gasteiger partial charge in [-0.15, -0.1) is 0 Å². The minimum absolute atomic E-state index is 0.0910. The summed E-state index contributed by atoms with van der Waals surface area (Å²) in [7, 11) is 0. The van der Waals surface area contributed by atoms with Gasteiger partial charge in [0.1, 0.15) is 0 Å². The number of hydrogen-bond donors (Lipinski definition) is 3. The average Bonchev–Trinajstić information content (AvgIpc) is 2.28. The molecule has 1 aromatic rings. The Balaban J connectivity index is 2.71. The number of rotatable bonds is 4. The lowest BCUT2D eigenvalue weighted by Crippen LogP contribution is -2.24. The fraction of sp³-hybridized carbons (Fsp3) is 0.0909. The van der Waals surface area contributed by atoms with Gasteiger partial charge in [-0.2, -0.15) is 5.10 Å². The second-order valence-electron chi connectivity index (χ2n) is 3.02. The van der Waals surface area contributed by atoms with E-state index in [1.165, 1.54) is 6.21 Å². The van der Waals surface area contributed by atoms with Crippen LogP contribution in [0.1, 0.15) is 5.56 Å². The Labute approximate surface area is 99.5 Å². The van der Waals surface area contributed by atoms with Crippen molar-refractivity contribution in [3.63, 3.8) is 0 Å². The van der Waals surface area contributed by atoms with Crippen LogP contribution < -0.4 is 11.2 Å². The first-order valence-electron chi connectivity index (χ1n) is 4.67. The van der Waals surface area contributed by atoms with Gasteiger partial charge in [0, 0.05) is 0 Å². The van der Waals surface area contributed by atoms with Crippen LogP contribution in [0.25, 0.3) is 6.08 Å². The number of aliphatic hydroxyl groups excluding tert-OH is 1. The van der Waals surface area contributed by atoms with Gasteiger partial charge in [-0.3, -0.25) is 5.43 Å². The molecule has 0 saturated heterocycles. The predicted octanol–water partition coefficient (Wildman–Crippen LogP) is 0.881. The van der Waals surface area contributed by atoms with E-state index in [0.29, 0.717) is 5.57 Å². The molecule has 1 aromatic carbocycles. The van der Waals surface area contributed by atoms with E-state index in [4.69, 9.17) is 10.8 Å². The van der Waals surface area contributed by atoms with Crippen molar-refractivity contribution in [1.82, 2.24) is 5.43 Å². The molecule has 84 valence electrons. The molecule has 0 aliphatic heterocycles. The van der Waals surface area contributed by atoms with E-state index in [-0.39, 0.29) is 11.7 Å². The lowest BCUT2D eigenvalue weighted by molar-refractivity contribution is 0.338. The molecule has 0 amide bonds. The molecule has 4 nitrogen and oxygen atoms in total. The lowest BCUT2D eigenvalue weighted by Gasteiger charge is -1.98. The van der Waals surface area contributed by atoms with E-state index in [1.807, 2.05) is 36.4 Å². The largest absolute Gasteiger partial charge is 0.392 e.